The molecule has 0 unspecified atom stereocenters. The molecule has 2 rings (SSSR count). The molecule has 0 saturated heterocycles. The van der Waals surface area contributed by atoms with Crippen LogP contribution in [0.3, 0.4) is 0 Å². The average Bonchev–Trinajstić information content (AvgIpc) is 2.39. The molecular formula is C13H9FN2O2S. The van der Waals surface area contributed by atoms with Crippen LogP contribution < -0.4 is 5.32 Å². The van der Waals surface area contributed by atoms with Crippen molar-refractivity contribution < 1.29 is 9.31 Å². The molecule has 0 saturated carbocycles. The third kappa shape index (κ3) is 3.32. The van der Waals surface area contributed by atoms with Gasteiger partial charge in [-0.25, -0.2) is 4.39 Å². The third-order valence-corrected chi connectivity index (χ3v) is 2.76. The van der Waals surface area contributed by atoms with E-state index in [0.29, 0.717) is 16.2 Å². The molecule has 0 aliphatic carbocycles. The van der Waals surface area contributed by atoms with Crippen molar-refractivity contribution in [3.8, 4) is 0 Å². The Bertz CT molecular complexity index is 629. The molecule has 0 amide bonds. The van der Waals surface area contributed by atoms with Gasteiger partial charge in [-0.1, -0.05) is 18.3 Å². The minimum Gasteiger partial charge on any atom is -0.346 e. The van der Waals surface area contributed by atoms with Gasteiger partial charge in [0.2, 0.25) is 0 Å². The molecule has 0 bridgehead atoms. The van der Waals surface area contributed by atoms with Gasteiger partial charge in [0.05, 0.1) is 4.92 Å². The Hall–Kier alpha value is -2.34. The van der Waals surface area contributed by atoms with E-state index in [2.05, 4.69) is 5.32 Å². The summed E-state index contributed by atoms with van der Waals surface area (Å²) in [6.07, 6.45) is 0. The largest absolute Gasteiger partial charge is 0.346 e. The number of halogens is 1. The lowest BCUT2D eigenvalue weighted by molar-refractivity contribution is -0.384. The SMILES string of the molecule is O=[N+]([O-])c1ccc(C(=S)Nc2cccc(F)c2)cc1. The topological polar surface area (TPSA) is 55.2 Å². The number of rotatable bonds is 3. The van der Waals surface area contributed by atoms with Gasteiger partial charge in [-0.05, 0) is 30.3 Å². The molecule has 0 spiro atoms. The van der Waals surface area contributed by atoms with Gasteiger partial charge in [0.25, 0.3) is 5.69 Å². The third-order valence-electron chi connectivity index (χ3n) is 2.42. The van der Waals surface area contributed by atoms with Gasteiger partial charge in [-0.3, -0.25) is 10.1 Å². The summed E-state index contributed by atoms with van der Waals surface area (Å²) in [6, 6.07) is 11.7. The summed E-state index contributed by atoms with van der Waals surface area (Å²) in [5.41, 5.74) is 1.16. The van der Waals surface area contributed by atoms with Crippen LogP contribution in [0.2, 0.25) is 0 Å². The van der Waals surface area contributed by atoms with Crippen molar-refractivity contribution in [3.05, 3.63) is 70.0 Å². The van der Waals surface area contributed by atoms with Crippen molar-refractivity contribution in [2.75, 3.05) is 5.32 Å². The Kier molecular flexibility index (Phi) is 3.82. The van der Waals surface area contributed by atoms with E-state index in [1.54, 1.807) is 24.3 Å². The van der Waals surface area contributed by atoms with Crippen molar-refractivity contribution in [2.24, 2.45) is 0 Å². The molecule has 0 atom stereocenters. The molecule has 1 N–H and O–H groups in total. The van der Waals surface area contributed by atoms with Gasteiger partial charge in [0.1, 0.15) is 10.8 Å². The number of anilines is 1. The van der Waals surface area contributed by atoms with Gasteiger partial charge in [0.15, 0.2) is 0 Å². The molecule has 0 heterocycles. The molecule has 0 aliphatic rings. The highest BCUT2D eigenvalue weighted by atomic mass is 32.1. The lowest BCUT2D eigenvalue weighted by atomic mass is 10.2. The second-order valence-corrected chi connectivity index (χ2v) is 4.18. The van der Waals surface area contributed by atoms with Gasteiger partial charge < -0.3 is 5.32 Å². The molecule has 19 heavy (non-hydrogen) atoms. The zero-order valence-electron chi connectivity index (χ0n) is 9.67. The average molecular weight is 276 g/mol. The molecule has 0 radical (unpaired) electrons. The first-order valence-corrected chi connectivity index (χ1v) is 5.78. The summed E-state index contributed by atoms with van der Waals surface area (Å²) in [4.78, 5) is 10.4. The number of non-ortho nitro benzene ring substituents is 1. The fourth-order valence-electron chi connectivity index (χ4n) is 1.50. The first kappa shape index (κ1) is 13.1. The Morgan fingerprint density at radius 2 is 1.89 bits per heavy atom. The highest BCUT2D eigenvalue weighted by Crippen LogP contribution is 2.15. The second kappa shape index (κ2) is 5.53. The maximum atomic E-state index is 13.0. The summed E-state index contributed by atoms with van der Waals surface area (Å²) < 4.78 is 13.0. The minimum absolute atomic E-state index is 0.00249. The summed E-state index contributed by atoms with van der Waals surface area (Å²) in [5.74, 6) is -0.364. The molecule has 4 nitrogen and oxygen atoms in total. The summed E-state index contributed by atoms with van der Waals surface area (Å²) in [6.45, 7) is 0. The van der Waals surface area contributed by atoms with Gasteiger partial charge in [0, 0.05) is 23.4 Å². The van der Waals surface area contributed by atoms with Crippen LogP contribution in [0.4, 0.5) is 15.8 Å². The van der Waals surface area contributed by atoms with Crippen molar-refractivity contribution in [2.45, 2.75) is 0 Å². The molecule has 0 fully saturated rings. The van der Waals surface area contributed by atoms with Crippen LogP contribution in [0.25, 0.3) is 0 Å². The number of nitro benzene ring substituents is 1. The lowest BCUT2D eigenvalue weighted by Gasteiger charge is -2.07. The van der Waals surface area contributed by atoms with Crippen LogP contribution >= 0.6 is 12.2 Å². The van der Waals surface area contributed by atoms with Crippen LogP contribution in [0, 0.1) is 15.9 Å². The maximum Gasteiger partial charge on any atom is 0.269 e. The normalized spacial score (nSPS) is 9.95. The smallest absolute Gasteiger partial charge is 0.269 e. The fraction of sp³-hybridized carbons (Fsp3) is 0. The van der Waals surface area contributed by atoms with Crippen molar-refractivity contribution in [1.82, 2.24) is 0 Å². The van der Waals surface area contributed by atoms with Gasteiger partial charge in [-0.2, -0.15) is 0 Å². The van der Waals surface area contributed by atoms with E-state index in [-0.39, 0.29) is 11.5 Å². The van der Waals surface area contributed by atoms with Crippen LogP contribution in [-0.2, 0) is 0 Å². The second-order valence-electron chi connectivity index (χ2n) is 3.77. The number of nitrogens with zero attached hydrogens (tertiary/aromatic N) is 1. The quantitative estimate of drug-likeness (QED) is 0.529. The maximum absolute atomic E-state index is 13.0. The van der Waals surface area contributed by atoms with Gasteiger partial charge in [-0.15, -0.1) is 0 Å². The number of benzene rings is 2. The van der Waals surface area contributed by atoms with Crippen molar-refractivity contribution in [1.29, 1.82) is 0 Å². The molecule has 6 heteroatoms. The molecule has 2 aromatic carbocycles. The highest BCUT2D eigenvalue weighted by molar-refractivity contribution is 7.81. The molecular weight excluding hydrogens is 267 g/mol. The predicted molar refractivity (Wildman–Crippen MR) is 74.8 cm³/mol. The van der Waals surface area contributed by atoms with E-state index in [4.69, 9.17) is 12.2 Å². The summed E-state index contributed by atoms with van der Waals surface area (Å²) in [5, 5.41) is 13.4. The van der Waals surface area contributed by atoms with E-state index in [1.807, 2.05) is 0 Å². The molecule has 0 aromatic heterocycles. The summed E-state index contributed by atoms with van der Waals surface area (Å²) >= 11 is 5.15. The van der Waals surface area contributed by atoms with E-state index >= 15 is 0 Å². The lowest BCUT2D eigenvalue weighted by Crippen LogP contribution is -2.10. The highest BCUT2D eigenvalue weighted by Gasteiger charge is 2.07. The number of hydrogen-bond donors (Lipinski definition) is 1. The Morgan fingerprint density at radius 1 is 1.21 bits per heavy atom. The Balaban J connectivity index is 2.14. The van der Waals surface area contributed by atoms with Crippen LogP contribution in [0.1, 0.15) is 5.56 Å². The van der Waals surface area contributed by atoms with Crippen molar-refractivity contribution >= 4 is 28.6 Å². The van der Waals surface area contributed by atoms with E-state index in [1.165, 1.54) is 24.3 Å². The number of thiocarbonyl (C=S) groups is 1. The number of hydrogen-bond acceptors (Lipinski definition) is 3. The van der Waals surface area contributed by atoms with E-state index in [9.17, 15) is 14.5 Å². The molecule has 96 valence electrons. The number of nitrogens with one attached hydrogen (secondary N) is 1. The first-order valence-electron chi connectivity index (χ1n) is 5.37. The molecule has 2 aromatic rings. The number of nitro groups is 1. The zero-order chi connectivity index (χ0) is 13.8. The van der Waals surface area contributed by atoms with Gasteiger partial charge >= 0.3 is 0 Å². The predicted octanol–water partition coefficient (Wildman–Crippen LogP) is 3.52. The minimum atomic E-state index is -0.479. The first-order chi connectivity index (χ1) is 9.06. The standard InChI is InChI=1S/C13H9FN2O2S/c14-10-2-1-3-11(8-10)15-13(19)9-4-6-12(7-5-9)16(17)18/h1-8H,(H,15,19). The Labute approximate surface area is 114 Å². The monoisotopic (exact) mass is 276 g/mol. The zero-order valence-corrected chi connectivity index (χ0v) is 10.5. The van der Waals surface area contributed by atoms with Crippen molar-refractivity contribution in [3.63, 3.8) is 0 Å². The van der Waals surface area contributed by atoms with Crippen LogP contribution in [0.5, 0.6) is 0 Å². The molecule has 0 aliphatic heterocycles. The fourth-order valence-corrected chi connectivity index (χ4v) is 1.76. The van der Waals surface area contributed by atoms with Crippen LogP contribution in [-0.4, -0.2) is 9.91 Å². The van der Waals surface area contributed by atoms with Crippen LogP contribution in [0.15, 0.2) is 48.5 Å². The van der Waals surface area contributed by atoms with E-state index in [0.717, 1.165) is 0 Å². The summed E-state index contributed by atoms with van der Waals surface area (Å²) in [7, 11) is 0. The Morgan fingerprint density at radius 3 is 2.47 bits per heavy atom. The van der Waals surface area contributed by atoms with E-state index < -0.39 is 4.92 Å².